The minimum absolute atomic E-state index is 0.0725. The summed E-state index contributed by atoms with van der Waals surface area (Å²) in [4.78, 5) is 44.0. The predicted molar refractivity (Wildman–Crippen MR) is 167 cm³/mol. The van der Waals surface area contributed by atoms with Crippen molar-refractivity contribution in [3.8, 4) is 0 Å². The van der Waals surface area contributed by atoms with Crippen molar-refractivity contribution in [2.75, 3.05) is 63.2 Å². The van der Waals surface area contributed by atoms with Gasteiger partial charge >= 0.3 is 6.03 Å². The van der Waals surface area contributed by atoms with Gasteiger partial charge in [0, 0.05) is 74.7 Å². The maximum atomic E-state index is 14.5. The first-order chi connectivity index (χ1) is 20.5. The van der Waals surface area contributed by atoms with Crippen molar-refractivity contribution in [1.29, 1.82) is 0 Å². The summed E-state index contributed by atoms with van der Waals surface area (Å²) in [5.41, 5.74) is 4.15. The van der Waals surface area contributed by atoms with Gasteiger partial charge in [0.2, 0.25) is 5.91 Å². The summed E-state index contributed by atoms with van der Waals surface area (Å²) in [7, 11) is 4.14. The zero-order chi connectivity index (χ0) is 29.1. The average molecular weight is 566 g/mol. The van der Waals surface area contributed by atoms with Crippen LogP contribution in [-0.2, 0) is 17.6 Å². The monoisotopic (exact) mass is 565 g/mol. The molecule has 4 aromatic rings. The molecule has 4 heterocycles. The number of piperazine rings is 1. The number of H-pyrrole nitrogens is 1. The number of nitrogens with one attached hydrogen (secondary N) is 2. The molecular weight excluding hydrogens is 526 g/mol. The van der Waals surface area contributed by atoms with E-state index in [2.05, 4.69) is 51.3 Å². The van der Waals surface area contributed by atoms with E-state index < -0.39 is 6.04 Å². The molecule has 2 aliphatic heterocycles. The predicted octanol–water partition coefficient (Wildman–Crippen LogP) is 3.77. The fraction of sp³-hybridized carbons (Fsp3) is 0.364. The quantitative estimate of drug-likeness (QED) is 0.356. The number of nitrogens with zero attached hydrogens (tertiary/aromatic N) is 5. The summed E-state index contributed by atoms with van der Waals surface area (Å²) in [5.74, 6) is 1.15. The Balaban J connectivity index is 1.24. The number of urea groups is 1. The molecular formula is C33H39N7O2. The Hall–Kier alpha value is -4.37. The SMILES string of the molecule is CN(C)CC1Cc2ccccc2N(C(=O)C(Cc2c[nH]c3ccccc23)NC(=O)N2CCN(c3ccccn3)CC2)C1. The van der Waals surface area contributed by atoms with E-state index in [9.17, 15) is 9.59 Å². The van der Waals surface area contributed by atoms with Gasteiger partial charge in [-0.3, -0.25) is 4.79 Å². The van der Waals surface area contributed by atoms with Crippen molar-refractivity contribution < 1.29 is 9.59 Å². The highest BCUT2D eigenvalue weighted by atomic mass is 16.2. The summed E-state index contributed by atoms with van der Waals surface area (Å²) >= 11 is 0. The highest BCUT2D eigenvalue weighted by Gasteiger charge is 2.35. The van der Waals surface area contributed by atoms with E-state index in [1.165, 1.54) is 5.56 Å². The number of hydrogen-bond donors (Lipinski definition) is 2. The molecule has 2 atom stereocenters. The number of anilines is 2. The normalized spacial score (nSPS) is 17.8. The first-order valence-corrected chi connectivity index (χ1v) is 14.8. The number of aromatic amines is 1. The summed E-state index contributed by atoms with van der Waals surface area (Å²) in [5, 5.41) is 4.23. The summed E-state index contributed by atoms with van der Waals surface area (Å²) in [6, 6.07) is 21.2. The lowest BCUT2D eigenvalue weighted by molar-refractivity contribution is -0.120. The van der Waals surface area contributed by atoms with Crippen LogP contribution in [0.2, 0.25) is 0 Å². The van der Waals surface area contributed by atoms with Crippen molar-refractivity contribution in [2.24, 2.45) is 5.92 Å². The van der Waals surface area contributed by atoms with Crippen LogP contribution in [0.3, 0.4) is 0 Å². The molecule has 2 N–H and O–H groups in total. The minimum atomic E-state index is -0.711. The lowest BCUT2D eigenvalue weighted by Crippen LogP contribution is -2.58. The fourth-order valence-electron chi connectivity index (χ4n) is 6.35. The van der Waals surface area contributed by atoms with Crippen molar-refractivity contribution >= 4 is 34.3 Å². The molecule has 1 fully saturated rings. The Morgan fingerprint density at radius 3 is 2.55 bits per heavy atom. The van der Waals surface area contributed by atoms with Crippen LogP contribution in [0.4, 0.5) is 16.3 Å². The molecule has 6 rings (SSSR count). The van der Waals surface area contributed by atoms with E-state index in [0.717, 1.165) is 40.9 Å². The van der Waals surface area contributed by atoms with Crippen molar-refractivity contribution in [3.05, 3.63) is 90.3 Å². The number of hydrogen-bond acceptors (Lipinski definition) is 5. The van der Waals surface area contributed by atoms with E-state index in [1.54, 1.807) is 6.20 Å². The van der Waals surface area contributed by atoms with Crippen LogP contribution in [0.5, 0.6) is 0 Å². The second-order valence-electron chi connectivity index (χ2n) is 11.6. The van der Waals surface area contributed by atoms with Crippen LogP contribution in [0, 0.1) is 5.92 Å². The number of amides is 3. The maximum absolute atomic E-state index is 14.5. The molecule has 218 valence electrons. The van der Waals surface area contributed by atoms with Crippen LogP contribution >= 0.6 is 0 Å². The van der Waals surface area contributed by atoms with E-state index in [1.807, 2.05) is 70.6 Å². The van der Waals surface area contributed by atoms with Crippen LogP contribution in [0.15, 0.2) is 79.1 Å². The first-order valence-electron chi connectivity index (χ1n) is 14.8. The second kappa shape index (κ2) is 12.2. The number of fused-ring (bicyclic) bond motifs is 2. The summed E-state index contributed by atoms with van der Waals surface area (Å²) in [6.07, 6.45) is 5.08. The van der Waals surface area contributed by atoms with Gasteiger partial charge in [0.25, 0.3) is 0 Å². The third-order valence-electron chi connectivity index (χ3n) is 8.36. The number of para-hydroxylation sites is 2. The van der Waals surface area contributed by atoms with Gasteiger partial charge in [-0.25, -0.2) is 9.78 Å². The number of aromatic nitrogens is 2. The third-order valence-corrected chi connectivity index (χ3v) is 8.36. The molecule has 3 amide bonds. The Morgan fingerprint density at radius 2 is 1.76 bits per heavy atom. The minimum Gasteiger partial charge on any atom is -0.361 e. The molecule has 1 saturated heterocycles. The first kappa shape index (κ1) is 27.8. The van der Waals surface area contributed by atoms with Crippen LogP contribution in [0.1, 0.15) is 11.1 Å². The lowest BCUT2D eigenvalue weighted by atomic mass is 9.91. The van der Waals surface area contributed by atoms with Gasteiger partial charge in [0.15, 0.2) is 0 Å². The Bertz CT molecular complexity index is 1530. The standard InChI is InChI=1S/C33H39N7O2/c1-37(2)22-24-19-25-9-3-6-12-30(25)40(23-24)32(41)29(20-26-21-35-28-11-5-4-10-27(26)28)36-33(42)39-17-15-38(16-18-39)31-13-7-8-14-34-31/h3-14,21,24,29,35H,15-20,22-23H2,1-2H3,(H,36,42). The van der Waals surface area contributed by atoms with Gasteiger partial charge in [0.1, 0.15) is 11.9 Å². The molecule has 2 aromatic carbocycles. The highest BCUT2D eigenvalue weighted by Crippen LogP contribution is 2.31. The molecule has 2 aliphatic rings. The summed E-state index contributed by atoms with van der Waals surface area (Å²) < 4.78 is 0. The molecule has 0 aliphatic carbocycles. The van der Waals surface area contributed by atoms with E-state index in [-0.39, 0.29) is 11.9 Å². The van der Waals surface area contributed by atoms with Crippen molar-refractivity contribution in [3.63, 3.8) is 0 Å². The van der Waals surface area contributed by atoms with Crippen molar-refractivity contribution in [2.45, 2.75) is 18.9 Å². The number of carbonyl (C=O) groups excluding carboxylic acids is 2. The van der Waals surface area contributed by atoms with Crippen LogP contribution in [-0.4, -0.2) is 91.1 Å². The van der Waals surface area contributed by atoms with Gasteiger partial charge in [-0.1, -0.05) is 42.5 Å². The number of carbonyl (C=O) groups is 2. The molecule has 0 bridgehead atoms. The third kappa shape index (κ3) is 5.97. The van der Waals surface area contributed by atoms with Gasteiger partial charge in [0.05, 0.1) is 0 Å². The highest BCUT2D eigenvalue weighted by molar-refractivity contribution is 6.00. The summed E-state index contributed by atoms with van der Waals surface area (Å²) in [6.45, 7) is 4.02. The smallest absolute Gasteiger partial charge is 0.318 e. The lowest BCUT2D eigenvalue weighted by Gasteiger charge is -2.39. The molecule has 42 heavy (non-hydrogen) atoms. The largest absolute Gasteiger partial charge is 0.361 e. The Morgan fingerprint density at radius 1 is 1.00 bits per heavy atom. The van der Waals surface area contributed by atoms with Gasteiger partial charge in [-0.15, -0.1) is 0 Å². The second-order valence-corrected chi connectivity index (χ2v) is 11.6. The molecule has 0 saturated carbocycles. The zero-order valence-corrected chi connectivity index (χ0v) is 24.4. The molecule has 9 nitrogen and oxygen atoms in total. The van der Waals surface area contributed by atoms with E-state index in [4.69, 9.17) is 0 Å². The van der Waals surface area contributed by atoms with E-state index >= 15 is 0 Å². The van der Waals surface area contributed by atoms with Gasteiger partial charge < -0.3 is 29.9 Å². The number of pyridine rings is 1. The maximum Gasteiger partial charge on any atom is 0.318 e. The molecule has 0 spiro atoms. The van der Waals surface area contributed by atoms with Gasteiger partial charge in [-0.05, 0) is 61.8 Å². The topological polar surface area (TPSA) is 87.8 Å². The Kier molecular flexibility index (Phi) is 8.10. The van der Waals surface area contributed by atoms with Gasteiger partial charge in [-0.2, -0.15) is 0 Å². The van der Waals surface area contributed by atoms with Crippen LogP contribution in [0.25, 0.3) is 10.9 Å². The molecule has 9 heteroatoms. The van der Waals surface area contributed by atoms with Crippen molar-refractivity contribution in [1.82, 2.24) is 25.1 Å². The number of rotatable bonds is 7. The fourth-order valence-corrected chi connectivity index (χ4v) is 6.35. The Labute approximate surface area is 247 Å². The van der Waals surface area contributed by atoms with Crippen LogP contribution < -0.4 is 15.1 Å². The van der Waals surface area contributed by atoms with E-state index in [0.29, 0.717) is 45.1 Å². The zero-order valence-electron chi connectivity index (χ0n) is 24.4. The molecule has 2 aromatic heterocycles. The molecule has 0 radical (unpaired) electrons. The number of benzene rings is 2. The molecule has 2 unspecified atom stereocenters. The average Bonchev–Trinajstić information content (AvgIpc) is 3.43.